The number of nitrogens with one attached hydrogen (secondary N) is 1. The molecule has 0 saturated carbocycles. The van der Waals surface area contributed by atoms with Crippen molar-refractivity contribution in [2.75, 3.05) is 18.0 Å². The first kappa shape index (κ1) is 14.0. The van der Waals surface area contributed by atoms with Crippen molar-refractivity contribution in [2.45, 2.75) is 38.3 Å². The van der Waals surface area contributed by atoms with Crippen LogP contribution in [0.25, 0.3) is 0 Å². The average Bonchev–Trinajstić information content (AvgIpc) is 2.41. The van der Waals surface area contributed by atoms with E-state index in [0.29, 0.717) is 13.0 Å². The number of hydrogen-bond donors (Lipinski definition) is 2. The van der Waals surface area contributed by atoms with Crippen LogP contribution >= 0.6 is 0 Å². The first-order valence-corrected chi connectivity index (χ1v) is 6.86. The third-order valence-electron chi connectivity index (χ3n) is 3.71. The summed E-state index contributed by atoms with van der Waals surface area (Å²) in [6.07, 6.45) is 1.20. The molecule has 0 aliphatic carbocycles. The molecule has 1 heterocycles. The lowest BCUT2D eigenvalue weighted by atomic mass is 9.88. The molecule has 1 aromatic rings. The summed E-state index contributed by atoms with van der Waals surface area (Å²) in [5, 5.41) is 13.7. The summed E-state index contributed by atoms with van der Waals surface area (Å²) < 4.78 is 0. The highest BCUT2D eigenvalue weighted by molar-refractivity contribution is 5.94. The number of anilines is 1. The first-order chi connectivity index (χ1) is 9.06. The maximum absolute atomic E-state index is 12.3. The molecule has 0 spiro atoms. The molecule has 2 atom stereocenters. The van der Waals surface area contributed by atoms with Crippen molar-refractivity contribution in [3.63, 3.8) is 0 Å². The van der Waals surface area contributed by atoms with E-state index in [0.717, 1.165) is 18.7 Å². The van der Waals surface area contributed by atoms with Crippen molar-refractivity contribution >= 4 is 11.6 Å². The van der Waals surface area contributed by atoms with Crippen LogP contribution in [-0.2, 0) is 4.79 Å². The van der Waals surface area contributed by atoms with Gasteiger partial charge in [-0.3, -0.25) is 4.79 Å². The van der Waals surface area contributed by atoms with Gasteiger partial charge in [-0.1, -0.05) is 25.1 Å². The Labute approximate surface area is 114 Å². The van der Waals surface area contributed by atoms with Crippen molar-refractivity contribution in [1.29, 1.82) is 0 Å². The van der Waals surface area contributed by atoms with E-state index < -0.39 is 5.60 Å². The highest BCUT2D eigenvalue weighted by Crippen LogP contribution is 2.28. The Morgan fingerprint density at radius 2 is 2.16 bits per heavy atom. The Morgan fingerprint density at radius 3 is 2.74 bits per heavy atom. The summed E-state index contributed by atoms with van der Waals surface area (Å²) in [4.78, 5) is 14.1. The Hall–Kier alpha value is -1.39. The lowest BCUT2D eigenvalue weighted by molar-refractivity contribution is -0.120. The lowest BCUT2D eigenvalue weighted by Gasteiger charge is -2.44. The quantitative estimate of drug-likeness (QED) is 0.869. The van der Waals surface area contributed by atoms with Gasteiger partial charge < -0.3 is 15.3 Å². The molecule has 104 valence electrons. The monoisotopic (exact) mass is 262 g/mol. The maximum atomic E-state index is 12.3. The van der Waals surface area contributed by atoms with Gasteiger partial charge in [-0.15, -0.1) is 0 Å². The first-order valence-electron chi connectivity index (χ1n) is 6.86. The zero-order chi connectivity index (χ0) is 13.9. The van der Waals surface area contributed by atoms with Gasteiger partial charge in [0.2, 0.25) is 5.91 Å². The van der Waals surface area contributed by atoms with Crippen molar-refractivity contribution in [1.82, 2.24) is 5.32 Å². The molecule has 1 saturated heterocycles. The van der Waals surface area contributed by atoms with E-state index in [9.17, 15) is 9.90 Å². The van der Waals surface area contributed by atoms with Gasteiger partial charge in [0.25, 0.3) is 0 Å². The minimum absolute atomic E-state index is 0.0541. The molecule has 1 aliphatic heterocycles. The number of piperidine rings is 1. The predicted molar refractivity (Wildman–Crippen MR) is 76.1 cm³/mol. The number of para-hydroxylation sites is 1. The van der Waals surface area contributed by atoms with E-state index in [4.69, 9.17) is 0 Å². The number of benzene rings is 1. The van der Waals surface area contributed by atoms with Gasteiger partial charge in [0.1, 0.15) is 0 Å². The fourth-order valence-corrected chi connectivity index (χ4v) is 2.67. The molecule has 2 rings (SSSR count). The molecule has 1 aliphatic rings. The SMILES string of the molecule is CCC(=O)N(c1ccccc1)C1CCNCC1(C)O. The van der Waals surface area contributed by atoms with E-state index in [-0.39, 0.29) is 11.9 Å². The molecule has 0 bridgehead atoms. The van der Waals surface area contributed by atoms with Gasteiger partial charge >= 0.3 is 0 Å². The minimum atomic E-state index is -0.904. The summed E-state index contributed by atoms with van der Waals surface area (Å²) in [5.41, 5.74) is -0.0413. The molecule has 4 heteroatoms. The second-order valence-corrected chi connectivity index (χ2v) is 5.29. The molecule has 1 amide bonds. The van der Waals surface area contributed by atoms with Crippen molar-refractivity contribution in [2.24, 2.45) is 0 Å². The third kappa shape index (κ3) is 2.96. The van der Waals surface area contributed by atoms with Gasteiger partial charge in [0.15, 0.2) is 0 Å². The van der Waals surface area contributed by atoms with Gasteiger partial charge in [-0.05, 0) is 32.0 Å². The van der Waals surface area contributed by atoms with Crippen LogP contribution in [0.15, 0.2) is 30.3 Å². The summed E-state index contributed by atoms with van der Waals surface area (Å²) in [6.45, 7) is 4.98. The van der Waals surface area contributed by atoms with Crippen LogP contribution in [0.1, 0.15) is 26.7 Å². The molecule has 2 unspecified atom stereocenters. The van der Waals surface area contributed by atoms with E-state index >= 15 is 0 Å². The molecular weight excluding hydrogens is 240 g/mol. The van der Waals surface area contributed by atoms with E-state index in [1.165, 1.54) is 0 Å². The van der Waals surface area contributed by atoms with Crippen molar-refractivity contribution in [3.8, 4) is 0 Å². The fraction of sp³-hybridized carbons (Fsp3) is 0.533. The number of β-amino-alcohol motifs (C(OH)–C–C–N with tert-alkyl or cyclic N) is 1. The molecular formula is C15H22N2O2. The maximum Gasteiger partial charge on any atom is 0.227 e. The van der Waals surface area contributed by atoms with Crippen LogP contribution in [-0.4, -0.2) is 35.7 Å². The Morgan fingerprint density at radius 1 is 1.47 bits per heavy atom. The molecule has 19 heavy (non-hydrogen) atoms. The lowest BCUT2D eigenvalue weighted by Crippen LogP contribution is -2.61. The summed E-state index contributed by atoms with van der Waals surface area (Å²) in [6, 6.07) is 9.43. The smallest absolute Gasteiger partial charge is 0.227 e. The number of hydrogen-bond acceptors (Lipinski definition) is 3. The molecule has 2 N–H and O–H groups in total. The topological polar surface area (TPSA) is 52.6 Å². The van der Waals surface area contributed by atoms with E-state index in [1.807, 2.05) is 37.3 Å². The van der Waals surface area contributed by atoms with Crippen LogP contribution in [0.2, 0.25) is 0 Å². The Balaban J connectivity index is 2.35. The Kier molecular flexibility index (Phi) is 4.22. The van der Waals surface area contributed by atoms with Crippen LogP contribution < -0.4 is 10.2 Å². The van der Waals surface area contributed by atoms with Gasteiger partial charge in [0.05, 0.1) is 11.6 Å². The number of rotatable bonds is 3. The largest absolute Gasteiger partial charge is 0.387 e. The summed E-state index contributed by atoms with van der Waals surface area (Å²) >= 11 is 0. The van der Waals surface area contributed by atoms with Crippen LogP contribution in [0.3, 0.4) is 0 Å². The van der Waals surface area contributed by atoms with E-state index in [1.54, 1.807) is 11.8 Å². The zero-order valence-electron chi connectivity index (χ0n) is 11.6. The average molecular weight is 262 g/mol. The number of amides is 1. The van der Waals surface area contributed by atoms with E-state index in [2.05, 4.69) is 5.32 Å². The molecule has 0 radical (unpaired) electrons. The number of aliphatic hydroxyl groups is 1. The molecule has 1 aromatic carbocycles. The van der Waals surface area contributed by atoms with Crippen molar-refractivity contribution in [3.05, 3.63) is 30.3 Å². The van der Waals surface area contributed by atoms with Crippen LogP contribution in [0.4, 0.5) is 5.69 Å². The molecule has 0 aromatic heterocycles. The van der Waals surface area contributed by atoms with Crippen molar-refractivity contribution < 1.29 is 9.90 Å². The summed E-state index contributed by atoms with van der Waals surface area (Å²) in [5.74, 6) is 0.0541. The number of carbonyl (C=O) groups is 1. The highest BCUT2D eigenvalue weighted by Gasteiger charge is 2.40. The summed E-state index contributed by atoms with van der Waals surface area (Å²) in [7, 11) is 0. The predicted octanol–water partition coefficient (Wildman–Crippen LogP) is 1.54. The van der Waals surface area contributed by atoms with Gasteiger partial charge in [-0.2, -0.15) is 0 Å². The second-order valence-electron chi connectivity index (χ2n) is 5.29. The highest BCUT2D eigenvalue weighted by atomic mass is 16.3. The van der Waals surface area contributed by atoms with Gasteiger partial charge in [0, 0.05) is 18.7 Å². The van der Waals surface area contributed by atoms with Gasteiger partial charge in [-0.25, -0.2) is 0 Å². The third-order valence-corrected chi connectivity index (χ3v) is 3.71. The zero-order valence-corrected chi connectivity index (χ0v) is 11.6. The fourth-order valence-electron chi connectivity index (χ4n) is 2.67. The number of carbonyl (C=O) groups excluding carboxylic acids is 1. The van der Waals surface area contributed by atoms with Crippen LogP contribution in [0, 0.1) is 0 Å². The standard InChI is InChI=1S/C15H22N2O2/c1-3-14(18)17(12-7-5-4-6-8-12)13-9-10-16-11-15(13,2)19/h4-8,13,16,19H,3,9-11H2,1-2H3. The second kappa shape index (κ2) is 5.72. The van der Waals surface area contributed by atoms with Crippen LogP contribution in [0.5, 0.6) is 0 Å². The molecule has 1 fully saturated rings. The molecule has 4 nitrogen and oxygen atoms in total. The number of nitrogens with zero attached hydrogens (tertiary/aromatic N) is 1. The minimum Gasteiger partial charge on any atom is -0.387 e. The Bertz CT molecular complexity index is 431. The normalized spacial score (nSPS) is 27.0.